The number of carbonyl (C=O) groups excluding carboxylic acids is 4. The summed E-state index contributed by atoms with van der Waals surface area (Å²) in [5.41, 5.74) is 1.78. The molecule has 1 rings (SSSR count). The minimum absolute atomic E-state index is 0.0876. The first-order chi connectivity index (χ1) is 17.2. The lowest BCUT2D eigenvalue weighted by atomic mass is 9.95. The SMILES string of the molecule is CCCCN(C(=O)C(CC(C)C)NC(=O)OC(C)(C)C)C(C(=O)NCC(=O)OC)c1ccc(C)cc1C. The number of esters is 1. The second kappa shape index (κ2) is 14.6. The molecule has 1 aromatic carbocycles. The van der Waals surface area contributed by atoms with Crippen LogP contribution in [0.4, 0.5) is 4.79 Å². The number of methoxy groups -OCH3 is 1. The van der Waals surface area contributed by atoms with E-state index < -0.39 is 35.7 Å². The molecule has 2 N–H and O–H groups in total. The van der Waals surface area contributed by atoms with Crippen LogP contribution in [0.5, 0.6) is 0 Å². The Labute approximate surface area is 221 Å². The number of amides is 3. The highest BCUT2D eigenvalue weighted by Crippen LogP contribution is 2.27. The molecule has 0 saturated heterocycles. The normalized spacial score (nSPS) is 12.9. The fourth-order valence-corrected chi connectivity index (χ4v) is 3.95. The minimum Gasteiger partial charge on any atom is -0.468 e. The molecule has 0 aliphatic carbocycles. The van der Waals surface area contributed by atoms with Gasteiger partial charge < -0.3 is 25.0 Å². The monoisotopic (exact) mass is 519 g/mol. The van der Waals surface area contributed by atoms with Crippen LogP contribution in [0.1, 0.15) is 83.5 Å². The summed E-state index contributed by atoms with van der Waals surface area (Å²) in [5.74, 6) is -1.39. The van der Waals surface area contributed by atoms with Crippen LogP contribution in [0.15, 0.2) is 18.2 Å². The van der Waals surface area contributed by atoms with Gasteiger partial charge in [0.2, 0.25) is 11.8 Å². The highest BCUT2D eigenvalue weighted by molar-refractivity contribution is 5.93. The van der Waals surface area contributed by atoms with Crippen LogP contribution < -0.4 is 10.6 Å². The Morgan fingerprint density at radius 3 is 2.24 bits per heavy atom. The van der Waals surface area contributed by atoms with Crippen molar-refractivity contribution < 1.29 is 28.7 Å². The number of unbranched alkanes of at least 4 members (excludes halogenated alkanes) is 1. The predicted octanol–water partition coefficient (Wildman–Crippen LogP) is 4.20. The summed E-state index contributed by atoms with van der Waals surface area (Å²) in [6, 6.07) is 3.77. The van der Waals surface area contributed by atoms with Crippen molar-refractivity contribution in [2.45, 2.75) is 92.3 Å². The number of nitrogens with one attached hydrogen (secondary N) is 2. The number of benzene rings is 1. The van der Waals surface area contributed by atoms with Crippen molar-refractivity contribution in [2.75, 3.05) is 20.2 Å². The average Bonchev–Trinajstić information content (AvgIpc) is 2.78. The van der Waals surface area contributed by atoms with E-state index >= 15 is 0 Å². The molecule has 37 heavy (non-hydrogen) atoms. The van der Waals surface area contributed by atoms with Gasteiger partial charge in [-0.25, -0.2) is 4.79 Å². The van der Waals surface area contributed by atoms with E-state index in [0.717, 1.165) is 17.5 Å². The summed E-state index contributed by atoms with van der Waals surface area (Å²) in [5, 5.41) is 5.35. The van der Waals surface area contributed by atoms with Crippen LogP contribution >= 0.6 is 0 Å². The Morgan fingerprint density at radius 1 is 1.08 bits per heavy atom. The van der Waals surface area contributed by atoms with E-state index in [-0.39, 0.29) is 18.4 Å². The molecular weight excluding hydrogens is 474 g/mol. The van der Waals surface area contributed by atoms with Crippen LogP contribution in [0.3, 0.4) is 0 Å². The molecule has 0 heterocycles. The molecule has 1 aromatic rings. The van der Waals surface area contributed by atoms with Gasteiger partial charge in [0.1, 0.15) is 24.2 Å². The minimum atomic E-state index is -1.00. The zero-order chi connectivity index (χ0) is 28.3. The molecule has 9 nitrogen and oxygen atoms in total. The van der Waals surface area contributed by atoms with Gasteiger partial charge in [0, 0.05) is 6.54 Å². The van der Waals surface area contributed by atoms with Crippen molar-refractivity contribution in [2.24, 2.45) is 5.92 Å². The number of hydrogen-bond donors (Lipinski definition) is 2. The first-order valence-corrected chi connectivity index (χ1v) is 12.9. The first kappa shape index (κ1) is 31.9. The molecular formula is C28H45N3O6. The molecule has 0 aliphatic heterocycles. The Hall–Kier alpha value is -3.10. The van der Waals surface area contributed by atoms with E-state index in [9.17, 15) is 19.2 Å². The molecule has 2 unspecified atom stereocenters. The smallest absolute Gasteiger partial charge is 0.408 e. The van der Waals surface area contributed by atoms with Crippen molar-refractivity contribution in [3.8, 4) is 0 Å². The maximum atomic E-state index is 14.1. The van der Waals surface area contributed by atoms with Crippen molar-refractivity contribution in [3.63, 3.8) is 0 Å². The number of alkyl carbamates (subject to hydrolysis) is 1. The largest absolute Gasteiger partial charge is 0.468 e. The van der Waals surface area contributed by atoms with E-state index in [1.165, 1.54) is 12.0 Å². The van der Waals surface area contributed by atoms with Gasteiger partial charge in [0.05, 0.1) is 7.11 Å². The zero-order valence-electron chi connectivity index (χ0n) is 23.9. The van der Waals surface area contributed by atoms with E-state index in [4.69, 9.17) is 4.74 Å². The summed E-state index contributed by atoms with van der Waals surface area (Å²) in [6.07, 6.45) is 1.12. The van der Waals surface area contributed by atoms with E-state index in [2.05, 4.69) is 15.4 Å². The molecule has 0 saturated carbocycles. The lowest BCUT2D eigenvalue weighted by molar-refractivity contribution is -0.145. The van der Waals surface area contributed by atoms with Crippen molar-refractivity contribution >= 4 is 23.9 Å². The van der Waals surface area contributed by atoms with E-state index in [0.29, 0.717) is 24.9 Å². The van der Waals surface area contributed by atoms with Gasteiger partial charge in [-0.2, -0.15) is 0 Å². The second-order valence-electron chi connectivity index (χ2n) is 10.8. The summed E-state index contributed by atoms with van der Waals surface area (Å²) in [6.45, 7) is 15.0. The quantitative estimate of drug-likeness (QED) is 0.400. The Kier molecular flexibility index (Phi) is 12.6. The van der Waals surface area contributed by atoms with E-state index in [1.807, 2.05) is 52.8 Å². The van der Waals surface area contributed by atoms with Crippen molar-refractivity contribution in [1.29, 1.82) is 0 Å². The summed E-state index contributed by atoms with van der Waals surface area (Å²) < 4.78 is 10.1. The topological polar surface area (TPSA) is 114 Å². The Bertz CT molecular complexity index is 938. The van der Waals surface area contributed by atoms with Crippen LogP contribution in [0.25, 0.3) is 0 Å². The molecule has 3 amide bonds. The van der Waals surface area contributed by atoms with Gasteiger partial charge in [-0.3, -0.25) is 14.4 Å². The van der Waals surface area contributed by atoms with Crippen LogP contribution in [-0.2, 0) is 23.9 Å². The van der Waals surface area contributed by atoms with Gasteiger partial charge >= 0.3 is 12.1 Å². The number of nitrogens with zero attached hydrogens (tertiary/aromatic N) is 1. The number of rotatable bonds is 12. The zero-order valence-corrected chi connectivity index (χ0v) is 23.9. The number of ether oxygens (including phenoxy) is 2. The lowest BCUT2D eigenvalue weighted by Crippen LogP contribution is -2.54. The molecule has 0 aliphatic rings. The van der Waals surface area contributed by atoms with Crippen LogP contribution in [-0.4, -0.2) is 60.6 Å². The van der Waals surface area contributed by atoms with Gasteiger partial charge in [-0.05, 0) is 64.5 Å². The number of carbonyl (C=O) groups is 4. The average molecular weight is 520 g/mol. The summed E-state index contributed by atoms with van der Waals surface area (Å²) in [4.78, 5) is 53.5. The molecule has 208 valence electrons. The number of hydrogen-bond acceptors (Lipinski definition) is 6. The molecule has 0 fully saturated rings. The maximum Gasteiger partial charge on any atom is 0.408 e. The molecule has 0 spiro atoms. The van der Waals surface area contributed by atoms with Gasteiger partial charge in [0.15, 0.2) is 0 Å². The fourth-order valence-electron chi connectivity index (χ4n) is 3.95. The molecule has 9 heteroatoms. The third kappa shape index (κ3) is 10.8. The molecule has 0 radical (unpaired) electrons. The Balaban J connectivity index is 3.53. The standard InChI is InChI=1S/C28H45N3O6/c1-10-11-14-31(26(34)22(15-18(2)3)30-27(35)37-28(6,7)8)24(25(33)29-17-23(32)36-9)21-13-12-19(4)16-20(21)5/h12-13,16,18,22,24H,10-11,14-15,17H2,1-9H3,(H,29,33)(H,30,35). The summed E-state index contributed by atoms with van der Waals surface area (Å²) >= 11 is 0. The van der Waals surface area contributed by atoms with Gasteiger partial charge in [-0.1, -0.05) is 51.0 Å². The third-order valence-electron chi connectivity index (χ3n) is 5.65. The predicted molar refractivity (Wildman–Crippen MR) is 143 cm³/mol. The van der Waals surface area contributed by atoms with E-state index in [1.54, 1.807) is 20.8 Å². The molecule has 0 bridgehead atoms. The summed E-state index contributed by atoms with van der Waals surface area (Å²) in [7, 11) is 1.24. The lowest BCUT2D eigenvalue weighted by Gasteiger charge is -2.35. The highest BCUT2D eigenvalue weighted by Gasteiger charge is 2.37. The van der Waals surface area contributed by atoms with Gasteiger partial charge in [0.25, 0.3) is 0 Å². The molecule has 2 atom stereocenters. The first-order valence-electron chi connectivity index (χ1n) is 12.9. The number of aryl methyl sites for hydroxylation is 2. The van der Waals surface area contributed by atoms with Crippen molar-refractivity contribution in [1.82, 2.24) is 15.5 Å². The third-order valence-corrected chi connectivity index (χ3v) is 5.65. The maximum absolute atomic E-state index is 14.1. The van der Waals surface area contributed by atoms with Gasteiger partial charge in [-0.15, -0.1) is 0 Å². The Morgan fingerprint density at radius 2 is 1.73 bits per heavy atom. The van der Waals surface area contributed by atoms with Crippen LogP contribution in [0.2, 0.25) is 0 Å². The highest BCUT2D eigenvalue weighted by atomic mass is 16.6. The second-order valence-corrected chi connectivity index (χ2v) is 10.8. The molecule has 0 aromatic heterocycles. The van der Waals surface area contributed by atoms with Crippen molar-refractivity contribution in [3.05, 3.63) is 34.9 Å². The fraction of sp³-hybridized carbons (Fsp3) is 0.643. The van der Waals surface area contributed by atoms with Crippen LogP contribution in [0, 0.1) is 19.8 Å².